The smallest absolute Gasteiger partial charge is 0.241 e. The molecule has 1 atom stereocenters. The topological polar surface area (TPSA) is 49.4 Å². The summed E-state index contributed by atoms with van der Waals surface area (Å²) in [5, 5.41) is 2.46. The molecular formula is C14H15FN2O2S2. The van der Waals surface area contributed by atoms with Crippen LogP contribution in [0.5, 0.6) is 0 Å². The predicted molar refractivity (Wildman–Crippen MR) is 85.6 cm³/mol. The lowest BCUT2D eigenvalue weighted by molar-refractivity contribution is -0.126. The van der Waals surface area contributed by atoms with Crippen LogP contribution in [0.1, 0.15) is 19.8 Å². The van der Waals surface area contributed by atoms with Crippen LogP contribution in [0, 0.1) is 5.82 Å². The number of hydrogen-bond donors (Lipinski definition) is 1. The highest BCUT2D eigenvalue weighted by molar-refractivity contribution is 8.24. The number of carbonyl (C=O) groups excluding carboxylic acids is 2. The van der Waals surface area contributed by atoms with Crippen molar-refractivity contribution in [1.29, 1.82) is 0 Å². The van der Waals surface area contributed by atoms with Gasteiger partial charge in [-0.25, -0.2) is 4.39 Å². The van der Waals surface area contributed by atoms with E-state index in [1.54, 1.807) is 6.07 Å². The Morgan fingerprint density at radius 3 is 2.90 bits per heavy atom. The maximum atomic E-state index is 13.0. The number of nitrogens with one attached hydrogen (secondary N) is 1. The molecule has 0 saturated carbocycles. The highest BCUT2D eigenvalue weighted by Gasteiger charge is 2.35. The van der Waals surface area contributed by atoms with Crippen molar-refractivity contribution >= 4 is 45.8 Å². The Morgan fingerprint density at radius 2 is 2.29 bits per heavy atom. The molecule has 7 heteroatoms. The highest BCUT2D eigenvalue weighted by Crippen LogP contribution is 2.29. The first-order chi connectivity index (χ1) is 10.0. The van der Waals surface area contributed by atoms with Gasteiger partial charge >= 0.3 is 0 Å². The van der Waals surface area contributed by atoms with Crippen molar-refractivity contribution in [2.45, 2.75) is 25.0 Å². The minimum absolute atomic E-state index is 0.0361. The fourth-order valence-electron chi connectivity index (χ4n) is 1.96. The standard InChI is InChI=1S/C14H15FN2O2S2/c1-2-11-13(19)17(14(20)21-11)7-6-12(18)16-10-5-3-4-9(15)8-10/h3-5,8,11H,2,6-7H2,1H3,(H,16,18). The Morgan fingerprint density at radius 1 is 1.52 bits per heavy atom. The molecule has 2 rings (SSSR count). The maximum Gasteiger partial charge on any atom is 0.241 e. The van der Waals surface area contributed by atoms with E-state index >= 15 is 0 Å². The molecule has 1 fully saturated rings. The van der Waals surface area contributed by atoms with Gasteiger partial charge in [0.1, 0.15) is 10.1 Å². The first-order valence-electron chi connectivity index (χ1n) is 6.58. The number of anilines is 1. The summed E-state index contributed by atoms with van der Waals surface area (Å²) in [7, 11) is 0. The van der Waals surface area contributed by atoms with Gasteiger partial charge in [0.05, 0.1) is 5.25 Å². The molecule has 1 aliphatic rings. The SMILES string of the molecule is CCC1SC(=S)N(CCC(=O)Nc2cccc(F)c2)C1=O. The quantitative estimate of drug-likeness (QED) is 0.845. The van der Waals surface area contributed by atoms with Crippen molar-refractivity contribution in [1.82, 2.24) is 4.90 Å². The second-order valence-electron chi connectivity index (χ2n) is 4.58. The zero-order valence-electron chi connectivity index (χ0n) is 11.5. The predicted octanol–water partition coefficient (Wildman–Crippen LogP) is 2.79. The van der Waals surface area contributed by atoms with Crippen molar-refractivity contribution in [3.8, 4) is 0 Å². The largest absolute Gasteiger partial charge is 0.326 e. The number of carbonyl (C=O) groups is 2. The lowest BCUT2D eigenvalue weighted by atomic mass is 10.2. The van der Waals surface area contributed by atoms with Gasteiger partial charge in [0.15, 0.2) is 0 Å². The lowest BCUT2D eigenvalue weighted by Crippen LogP contribution is -2.33. The summed E-state index contributed by atoms with van der Waals surface area (Å²) in [5.74, 6) is -0.724. The molecule has 112 valence electrons. The molecule has 1 N–H and O–H groups in total. The van der Waals surface area contributed by atoms with Gasteiger partial charge in [-0.15, -0.1) is 0 Å². The zero-order valence-corrected chi connectivity index (χ0v) is 13.1. The van der Waals surface area contributed by atoms with Crippen molar-refractivity contribution in [2.24, 2.45) is 0 Å². The molecule has 0 radical (unpaired) electrons. The van der Waals surface area contributed by atoms with Crippen LogP contribution in [0.15, 0.2) is 24.3 Å². The fourth-order valence-corrected chi connectivity index (χ4v) is 3.44. The number of rotatable bonds is 5. The fraction of sp³-hybridized carbons (Fsp3) is 0.357. The van der Waals surface area contributed by atoms with E-state index in [0.29, 0.717) is 10.0 Å². The van der Waals surface area contributed by atoms with Crippen LogP contribution in [0.2, 0.25) is 0 Å². The van der Waals surface area contributed by atoms with Crippen LogP contribution < -0.4 is 5.32 Å². The Hall–Kier alpha value is -1.47. The molecular weight excluding hydrogens is 311 g/mol. The lowest BCUT2D eigenvalue weighted by Gasteiger charge is -2.15. The average molecular weight is 326 g/mol. The first-order valence-corrected chi connectivity index (χ1v) is 7.87. The Bertz CT molecular complexity index is 580. The van der Waals surface area contributed by atoms with Gasteiger partial charge in [0.25, 0.3) is 0 Å². The van der Waals surface area contributed by atoms with Gasteiger partial charge in [-0.3, -0.25) is 14.5 Å². The van der Waals surface area contributed by atoms with Gasteiger partial charge < -0.3 is 5.32 Å². The normalized spacial score (nSPS) is 18.2. The molecule has 0 bridgehead atoms. The second-order valence-corrected chi connectivity index (χ2v) is 6.42. The summed E-state index contributed by atoms with van der Waals surface area (Å²) < 4.78 is 13.5. The molecule has 4 nitrogen and oxygen atoms in total. The van der Waals surface area contributed by atoms with E-state index in [1.165, 1.54) is 34.9 Å². The molecule has 1 aromatic carbocycles. The maximum absolute atomic E-state index is 13.0. The van der Waals surface area contributed by atoms with Crippen molar-refractivity contribution < 1.29 is 14.0 Å². The van der Waals surface area contributed by atoms with Crippen LogP contribution in [0.4, 0.5) is 10.1 Å². The molecule has 0 spiro atoms. The first kappa shape index (κ1) is 15.9. The van der Waals surface area contributed by atoms with E-state index in [0.717, 1.165) is 6.42 Å². The summed E-state index contributed by atoms with van der Waals surface area (Å²) in [6.07, 6.45) is 0.842. The number of thioether (sulfide) groups is 1. The molecule has 21 heavy (non-hydrogen) atoms. The minimum Gasteiger partial charge on any atom is -0.326 e. The third-order valence-corrected chi connectivity index (χ3v) is 4.80. The Kier molecular flexibility index (Phi) is 5.30. The Balaban J connectivity index is 1.87. The van der Waals surface area contributed by atoms with Crippen LogP contribution in [0.25, 0.3) is 0 Å². The van der Waals surface area contributed by atoms with E-state index in [2.05, 4.69) is 5.32 Å². The molecule has 0 aromatic heterocycles. The van der Waals surface area contributed by atoms with Crippen molar-refractivity contribution in [2.75, 3.05) is 11.9 Å². The molecule has 2 amide bonds. The third kappa shape index (κ3) is 4.01. The van der Waals surface area contributed by atoms with Crippen LogP contribution in [0.3, 0.4) is 0 Å². The van der Waals surface area contributed by atoms with Crippen LogP contribution >= 0.6 is 24.0 Å². The van der Waals surface area contributed by atoms with E-state index in [9.17, 15) is 14.0 Å². The van der Waals surface area contributed by atoms with Crippen molar-refractivity contribution in [3.63, 3.8) is 0 Å². The van der Waals surface area contributed by atoms with Gasteiger partial charge in [-0.05, 0) is 24.6 Å². The van der Waals surface area contributed by atoms with Crippen molar-refractivity contribution in [3.05, 3.63) is 30.1 Å². The summed E-state index contributed by atoms with van der Waals surface area (Å²) in [6, 6.07) is 5.67. The summed E-state index contributed by atoms with van der Waals surface area (Å²) in [4.78, 5) is 25.3. The third-order valence-electron chi connectivity index (χ3n) is 3.05. The van der Waals surface area contributed by atoms with Gasteiger partial charge in [0.2, 0.25) is 11.8 Å². The molecule has 0 aliphatic carbocycles. The molecule has 1 unspecified atom stereocenters. The van der Waals surface area contributed by atoms with Gasteiger partial charge in [-0.2, -0.15) is 0 Å². The minimum atomic E-state index is -0.411. The number of thiocarbonyl (C=S) groups is 1. The monoisotopic (exact) mass is 326 g/mol. The summed E-state index contributed by atoms with van der Waals surface area (Å²) >= 11 is 6.51. The van der Waals surface area contributed by atoms with Crippen LogP contribution in [-0.2, 0) is 9.59 Å². The van der Waals surface area contributed by atoms with E-state index < -0.39 is 5.82 Å². The summed E-state index contributed by atoms with van der Waals surface area (Å²) in [6.45, 7) is 2.18. The van der Waals surface area contributed by atoms with Gasteiger partial charge in [-0.1, -0.05) is 37.0 Å². The number of amides is 2. The second kappa shape index (κ2) is 7.00. The number of benzene rings is 1. The average Bonchev–Trinajstić information content (AvgIpc) is 2.71. The van der Waals surface area contributed by atoms with E-state index in [1.807, 2.05) is 6.92 Å². The van der Waals surface area contributed by atoms with E-state index in [-0.39, 0.29) is 30.0 Å². The highest BCUT2D eigenvalue weighted by atomic mass is 32.2. The van der Waals surface area contributed by atoms with Gasteiger partial charge in [0, 0.05) is 18.7 Å². The number of halogens is 1. The van der Waals surface area contributed by atoms with E-state index in [4.69, 9.17) is 12.2 Å². The molecule has 1 saturated heterocycles. The molecule has 1 aromatic rings. The molecule has 1 heterocycles. The number of hydrogen-bond acceptors (Lipinski definition) is 4. The zero-order chi connectivity index (χ0) is 15.4. The number of nitrogens with zero attached hydrogens (tertiary/aromatic N) is 1. The van der Waals surface area contributed by atoms with Crippen LogP contribution in [-0.4, -0.2) is 32.8 Å². The Labute approximate surface area is 132 Å². The summed E-state index contributed by atoms with van der Waals surface area (Å²) in [5.41, 5.74) is 0.399. The molecule has 1 aliphatic heterocycles.